The van der Waals surface area contributed by atoms with Gasteiger partial charge in [-0.1, -0.05) is 0 Å². The third kappa shape index (κ3) is 7.60. The van der Waals surface area contributed by atoms with Crippen LogP contribution in [0.4, 0.5) is 10.5 Å². The van der Waals surface area contributed by atoms with Crippen molar-refractivity contribution in [2.45, 2.75) is 86.8 Å². The van der Waals surface area contributed by atoms with Gasteiger partial charge in [-0.25, -0.2) is 4.79 Å². The highest BCUT2D eigenvalue weighted by atomic mass is 16.7. The largest absolute Gasteiger partial charge is 0.491 e. The van der Waals surface area contributed by atoms with Gasteiger partial charge in [-0.3, -0.25) is 10.1 Å². The molecule has 16 nitrogen and oxygen atoms in total. The van der Waals surface area contributed by atoms with E-state index in [2.05, 4.69) is 10.6 Å². The molecule has 0 radical (unpaired) electrons. The minimum atomic E-state index is -1.34. The number of nitrogens with two attached hydrogens (primary N) is 3. The maximum atomic E-state index is 12.3. The smallest absolute Gasteiger partial charge is 0.407 e. The maximum Gasteiger partial charge on any atom is 0.407 e. The van der Waals surface area contributed by atoms with Gasteiger partial charge in [0.25, 0.3) is 5.69 Å². The van der Waals surface area contributed by atoms with E-state index in [1.807, 2.05) is 0 Å². The molecule has 2 fully saturated rings. The van der Waals surface area contributed by atoms with Crippen molar-refractivity contribution in [3.63, 3.8) is 0 Å². The lowest BCUT2D eigenvalue weighted by molar-refractivity contribution is -0.384. The zero-order chi connectivity index (χ0) is 31.5. The van der Waals surface area contributed by atoms with E-state index in [0.29, 0.717) is 17.7 Å². The van der Waals surface area contributed by atoms with Crippen LogP contribution in [0.5, 0.6) is 0 Å². The fourth-order valence-corrected chi connectivity index (χ4v) is 5.93. The highest BCUT2D eigenvalue weighted by molar-refractivity contribution is 5.67. The summed E-state index contributed by atoms with van der Waals surface area (Å²) in [6.07, 6.45) is -3.74. The van der Waals surface area contributed by atoms with E-state index in [1.165, 1.54) is 31.2 Å². The lowest BCUT2D eigenvalue weighted by Crippen LogP contribution is -2.68. The molecule has 11 N–H and O–H groups in total. The van der Waals surface area contributed by atoms with Gasteiger partial charge in [0.15, 0.2) is 6.29 Å². The Bertz CT molecular complexity index is 1150. The molecular formula is C27H42N6O10. The van der Waals surface area contributed by atoms with E-state index in [9.17, 15) is 30.2 Å². The summed E-state index contributed by atoms with van der Waals surface area (Å²) >= 11 is 0. The van der Waals surface area contributed by atoms with Gasteiger partial charge in [-0.15, -0.1) is 0 Å². The molecule has 0 bridgehead atoms. The van der Waals surface area contributed by atoms with Crippen LogP contribution in [0.15, 0.2) is 36.1 Å². The van der Waals surface area contributed by atoms with Crippen molar-refractivity contribution in [1.82, 2.24) is 10.6 Å². The minimum absolute atomic E-state index is 0.0206. The summed E-state index contributed by atoms with van der Waals surface area (Å²) in [6, 6.07) is 3.07. The SMILES string of the molecule is CN[C@@H]1[C@@H](O)[C@@H](O[C@@H]2[C@@H](O)[C@H](C3OC(CNC(=O)OCc4ccc([N+](=O)[O-])cc4)=CC[C@H]3N)[C@@H](N)C[C@H]2N)OC[C@]1(C)O. The van der Waals surface area contributed by atoms with Gasteiger partial charge in [0, 0.05) is 36.2 Å². The Hall–Kier alpha value is -2.93. The number of hydrogen-bond acceptors (Lipinski definition) is 14. The summed E-state index contributed by atoms with van der Waals surface area (Å²) in [4.78, 5) is 22.5. The number of hydrogen-bond donors (Lipinski definition) is 8. The summed E-state index contributed by atoms with van der Waals surface area (Å²) in [5.41, 5.74) is 18.3. The number of amides is 1. The number of nitro benzene ring substituents is 1. The Kier molecular flexibility index (Phi) is 10.6. The second-order valence-electron chi connectivity index (χ2n) is 11.5. The van der Waals surface area contributed by atoms with Gasteiger partial charge < -0.3 is 62.1 Å². The lowest BCUT2D eigenvalue weighted by atomic mass is 9.73. The second-order valence-corrected chi connectivity index (χ2v) is 11.5. The molecule has 1 aliphatic carbocycles. The third-order valence-electron chi connectivity index (χ3n) is 8.25. The molecule has 240 valence electrons. The highest BCUT2D eigenvalue weighted by Crippen LogP contribution is 2.36. The van der Waals surface area contributed by atoms with Crippen molar-refractivity contribution in [3.8, 4) is 0 Å². The van der Waals surface area contributed by atoms with E-state index < -0.39 is 77.4 Å². The number of nitro groups is 1. The fourth-order valence-electron chi connectivity index (χ4n) is 5.93. The van der Waals surface area contributed by atoms with Crippen molar-refractivity contribution in [2.75, 3.05) is 20.2 Å². The number of ether oxygens (including phenoxy) is 4. The molecule has 16 heteroatoms. The molecule has 2 aliphatic heterocycles. The van der Waals surface area contributed by atoms with Crippen molar-refractivity contribution in [3.05, 3.63) is 51.8 Å². The van der Waals surface area contributed by atoms with Crippen molar-refractivity contribution >= 4 is 11.8 Å². The Labute approximate surface area is 248 Å². The molecule has 0 spiro atoms. The average Bonchev–Trinajstić information content (AvgIpc) is 2.95. The van der Waals surface area contributed by atoms with Gasteiger partial charge in [0.2, 0.25) is 0 Å². The van der Waals surface area contributed by atoms with Crippen LogP contribution in [0.25, 0.3) is 0 Å². The molecule has 3 aliphatic rings. The van der Waals surface area contributed by atoms with Gasteiger partial charge in [-0.2, -0.15) is 0 Å². The summed E-state index contributed by atoms with van der Waals surface area (Å²) in [7, 11) is 1.60. The number of nitrogens with zero attached hydrogens (tertiary/aromatic N) is 1. The Morgan fingerprint density at radius 3 is 2.51 bits per heavy atom. The normalized spacial score (nSPS) is 38.0. The van der Waals surface area contributed by atoms with Crippen LogP contribution in [-0.2, 0) is 25.6 Å². The lowest BCUT2D eigenvalue weighted by Gasteiger charge is -2.49. The van der Waals surface area contributed by atoms with E-state index >= 15 is 0 Å². The topological polar surface area (TPSA) is 260 Å². The summed E-state index contributed by atoms with van der Waals surface area (Å²) < 4.78 is 22.9. The van der Waals surface area contributed by atoms with E-state index in [4.69, 9.17) is 36.1 Å². The number of nitrogens with one attached hydrogen (secondary N) is 2. The number of alkyl carbamates (subject to hydrolysis) is 1. The molecule has 1 saturated carbocycles. The molecule has 1 amide bonds. The first-order valence-electron chi connectivity index (χ1n) is 14.1. The zero-order valence-corrected chi connectivity index (χ0v) is 24.1. The first-order chi connectivity index (χ1) is 20.3. The number of non-ortho nitro benzene ring substituents is 1. The Morgan fingerprint density at radius 2 is 1.86 bits per heavy atom. The molecule has 11 atom stereocenters. The van der Waals surface area contributed by atoms with Crippen LogP contribution in [-0.4, -0.2) is 107 Å². The van der Waals surface area contributed by atoms with Gasteiger partial charge in [-0.05, 0) is 50.6 Å². The van der Waals surface area contributed by atoms with Crippen LogP contribution >= 0.6 is 0 Å². The molecule has 0 aromatic heterocycles. The summed E-state index contributed by atoms with van der Waals surface area (Å²) in [5, 5.41) is 49.0. The molecule has 1 saturated heterocycles. The van der Waals surface area contributed by atoms with Crippen molar-refractivity contribution in [2.24, 2.45) is 23.1 Å². The van der Waals surface area contributed by atoms with E-state index in [1.54, 1.807) is 13.1 Å². The third-order valence-corrected chi connectivity index (χ3v) is 8.25. The molecule has 4 rings (SSSR count). The molecule has 43 heavy (non-hydrogen) atoms. The first kappa shape index (κ1) is 33.0. The first-order valence-corrected chi connectivity index (χ1v) is 14.1. The zero-order valence-electron chi connectivity index (χ0n) is 24.1. The minimum Gasteiger partial charge on any atom is -0.491 e. The van der Waals surface area contributed by atoms with Gasteiger partial charge in [0.05, 0.1) is 30.2 Å². The maximum absolute atomic E-state index is 12.3. The number of benzene rings is 1. The van der Waals surface area contributed by atoms with Crippen LogP contribution in [0.2, 0.25) is 0 Å². The van der Waals surface area contributed by atoms with Crippen molar-refractivity contribution in [1.29, 1.82) is 0 Å². The number of carbonyl (C=O) groups excluding carboxylic acids is 1. The second kappa shape index (κ2) is 13.8. The Balaban J connectivity index is 1.34. The van der Waals surface area contributed by atoms with E-state index in [0.717, 1.165) is 0 Å². The highest BCUT2D eigenvalue weighted by Gasteiger charge is 2.52. The average molecular weight is 611 g/mol. The number of carbonyl (C=O) groups is 1. The van der Waals surface area contributed by atoms with Crippen LogP contribution in [0.3, 0.4) is 0 Å². The van der Waals surface area contributed by atoms with E-state index in [-0.39, 0.29) is 31.9 Å². The predicted molar refractivity (Wildman–Crippen MR) is 151 cm³/mol. The number of likely N-dealkylation sites (N-methyl/N-ethyl adjacent to an activating group) is 1. The Morgan fingerprint density at radius 1 is 1.16 bits per heavy atom. The predicted octanol–water partition coefficient (Wildman–Crippen LogP) is -1.70. The monoisotopic (exact) mass is 610 g/mol. The van der Waals surface area contributed by atoms with Crippen LogP contribution in [0.1, 0.15) is 25.3 Å². The molecule has 1 aromatic rings. The number of aliphatic hydroxyl groups is 3. The number of aliphatic hydroxyl groups excluding tert-OH is 2. The molecule has 1 aromatic carbocycles. The summed E-state index contributed by atoms with van der Waals surface area (Å²) in [5.74, 6) is -0.308. The van der Waals surface area contributed by atoms with Crippen LogP contribution in [0, 0.1) is 16.0 Å². The molecule has 2 heterocycles. The summed E-state index contributed by atoms with van der Waals surface area (Å²) in [6.45, 7) is 1.31. The standard InChI is InChI=1S/C27H42N6O10/c1-27(37)12-41-25(21(35)24(27)31-2)43-23-18(30)9-17(29)19(20(23)34)22-16(28)8-7-15(42-22)10-32-26(36)40-11-13-3-5-14(6-4-13)33(38)39/h3-7,16-25,31,34-35,37H,8-12,28-30H2,1-2H3,(H,32,36)/t16-,17+,18-,19-,20+,21-,22?,23+,24-,25-,27+/m1/s1. The van der Waals surface area contributed by atoms with Gasteiger partial charge >= 0.3 is 6.09 Å². The quantitative estimate of drug-likeness (QED) is 0.114. The fraction of sp³-hybridized carbons (Fsp3) is 0.667. The van der Waals surface area contributed by atoms with Crippen LogP contribution < -0.4 is 27.8 Å². The molecule has 1 unspecified atom stereocenters. The number of rotatable bonds is 9. The van der Waals surface area contributed by atoms with Crippen molar-refractivity contribution < 1.29 is 44.0 Å². The molecular weight excluding hydrogens is 568 g/mol. The van der Waals surface area contributed by atoms with Gasteiger partial charge in [0.1, 0.15) is 36.3 Å².